The van der Waals surface area contributed by atoms with Crippen molar-refractivity contribution in [3.63, 3.8) is 0 Å². The van der Waals surface area contributed by atoms with Crippen LogP contribution in [0, 0.1) is 5.82 Å². The fraction of sp³-hybridized carbons (Fsp3) is 0.167. The first-order chi connectivity index (χ1) is 11.7. The molecule has 1 atom stereocenters. The summed E-state index contributed by atoms with van der Waals surface area (Å²) in [6, 6.07) is 13.5. The third kappa shape index (κ3) is 4.23. The topological polar surface area (TPSA) is 54.3 Å². The van der Waals surface area contributed by atoms with Crippen molar-refractivity contribution in [2.45, 2.75) is 12.5 Å². The zero-order valence-electron chi connectivity index (χ0n) is 12.9. The molecular weight excluding hydrogens is 327 g/mol. The summed E-state index contributed by atoms with van der Waals surface area (Å²) in [6.07, 6.45) is 1.63. The monoisotopic (exact) mass is 344 g/mol. The van der Waals surface area contributed by atoms with Crippen molar-refractivity contribution in [3.8, 4) is 0 Å². The summed E-state index contributed by atoms with van der Waals surface area (Å²) in [6.45, 7) is 0.778. The van der Waals surface area contributed by atoms with Crippen molar-refractivity contribution < 1.29 is 13.6 Å². The maximum Gasteiger partial charge on any atom is 0.315 e. The van der Waals surface area contributed by atoms with Crippen molar-refractivity contribution in [1.29, 1.82) is 0 Å². The van der Waals surface area contributed by atoms with Crippen LogP contribution in [0.3, 0.4) is 0 Å². The highest BCUT2D eigenvalue weighted by Crippen LogP contribution is 2.27. The Balaban J connectivity index is 1.54. The van der Waals surface area contributed by atoms with Gasteiger partial charge in [-0.2, -0.15) is 0 Å². The molecule has 24 heavy (non-hydrogen) atoms. The van der Waals surface area contributed by atoms with E-state index in [0.717, 1.165) is 16.2 Å². The predicted octanol–water partition coefficient (Wildman–Crippen LogP) is 4.11. The number of furan rings is 1. The Morgan fingerprint density at radius 3 is 2.62 bits per heavy atom. The number of amides is 2. The summed E-state index contributed by atoms with van der Waals surface area (Å²) in [4.78, 5) is 13.1. The van der Waals surface area contributed by atoms with E-state index < -0.39 is 0 Å². The molecule has 6 heteroatoms. The Morgan fingerprint density at radius 2 is 1.96 bits per heavy atom. The SMILES string of the molecule is O=C(NCc1ccc(F)cc1)NC[C@H](c1ccco1)c1cccs1. The van der Waals surface area contributed by atoms with Crippen LogP contribution in [-0.4, -0.2) is 12.6 Å². The highest BCUT2D eigenvalue weighted by Gasteiger charge is 2.18. The number of urea groups is 1. The summed E-state index contributed by atoms with van der Waals surface area (Å²) in [5.74, 6) is 0.508. The molecule has 3 rings (SSSR count). The Labute approximate surface area is 143 Å². The molecule has 124 valence electrons. The van der Waals surface area contributed by atoms with Crippen molar-refractivity contribution in [3.05, 3.63) is 82.2 Å². The van der Waals surface area contributed by atoms with Crippen molar-refractivity contribution in [1.82, 2.24) is 10.6 Å². The van der Waals surface area contributed by atoms with Gasteiger partial charge in [-0.15, -0.1) is 11.3 Å². The number of nitrogens with one attached hydrogen (secondary N) is 2. The molecule has 0 aliphatic carbocycles. The van der Waals surface area contributed by atoms with Gasteiger partial charge in [0, 0.05) is 18.0 Å². The van der Waals surface area contributed by atoms with Crippen molar-refractivity contribution >= 4 is 17.4 Å². The van der Waals surface area contributed by atoms with E-state index in [1.165, 1.54) is 12.1 Å². The van der Waals surface area contributed by atoms with Gasteiger partial charge in [0.2, 0.25) is 0 Å². The van der Waals surface area contributed by atoms with Gasteiger partial charge in [-0.1, -0.05) is 18.2 Å². The lowest BCUT2D eigenvalue weighted by atomic mass is 10.1. The first-order valence-corrected chi connectivity index (χ1v) is 8.43. The van der Waals surface area contributed by atoms with Crippen LogP contribution in [0.25, 0.3) is 0 Å². The molecular formula is C18H17FN2O2S. The molecule has 0 aliphatic rings. The highest BCUT2D eigenvalue weighted by molar-refractivity contribution is 7.10. The van der Waals surface area contributed by atoms with Gasteiger partial charge in [0.25, 0.3) is 0 Å². The van der Waals surface area contributed by atoms with E-state index in [0.29, 0.717) is 13.1 Å². The molecule has 1 aromatic carbocycles. The van der Waals surface area contributed by atoms with Crippen molar-refractivity contribution in [2.75, 3.05) is 6.54 Å². The molecule has 0 radical (unpaired) electrons. The maximum absolute atomic E-state index is 12.9. The van der Waals surface area contributed by atoms with Crippen molar-refractivity contribution in [2.24, 2.45) is 0 Å². The number of rotatable bonds is 6. The van der Waals surface area contributed by atoms with E-state index in [1.807, 2.05) is 29.6 Å². The zero-order chi connectivity index (χ0) is 16.8. The molecule has 0 saturated carbocycles. The van der Waals surface area contributed by atoms with Crippen LogP contribution >= 0.6 is 11.3 Å². The average molecular weight is 344 g/mol. The fourth-order valence-corrected chi connectivity index (χ4v) is 3.20. The van der Waals surface area contributed by atoms with Crippen LogP contribution < -0.4 is 10.6 Å². The number of benzene rings is 1. The van der Waals surface area contributed by atoms with Gasteiger partial charge in [-0.3, -0.25) is 0 Å². The van der Waals surface area contributed by atoms with Crippen LogP contribution in [0.15, 0.2) is 64.6 Å². The van der Waals surface area contributed by atoms with Gasteiger partial charge in [-0.25, -0.2) is 9.18 Å². The van der Waals surface area contributed by atoms with Gasteiger partial charge in [-0.05, 0) is 41.3 Å². The minimum absolute atomic E-state index is 0.0171. The van der Waals surface area contributed by atoms with Crippen LogP contribution in [0.2, 0.25) is 0 Å². The minimum atomic E-state index is -0.291. The van der Waals surface area contributed by atoms with E-state index in [-0.39, 0.29) is 17.8 Å². The molecule has 0 fully saturated rings. The first kappa shape index (κ1) is 16.3. The van der Waals surface area contributed by atoms with E-state index in [9.17, 15) is 9.18 Å². The second kappa shape index (κ2) is 7.79. The summed E-state index contributed by atoms with van der Waals surface area (Å²) in [5, 5.41) is 7.63. The second-order valence-corrected chi connectivity index (χ2v) is 6.25. The summed E-state index contributed by atoms with van der Waals surface area (Å²) in [5.41, 5.74) is 0.840. The highest BCUT2D eigenvalue weighted by atomic mass is 32.1. The van der Waals surface area contributed by atoms with Crippen LogP contribution in [-0.2, 0) is 6.54 Å². The van der Waals surface area contributed by atoms with Gasteiger partial charge in [0.15, 0.2) is 0 Å². The lowest BCUT2D eigenvalue weighted by Gasteiger charge is -2.14. The average Bonchev–Trinajstić information content (AvgIpc) is 3.29. The Hall–Kier alpha value is -2.60. The molecule has 2 aromatic heterocycles. The molecule has 3 aromatic rings. The third-order valence-corrected chi connectivity index (χ3v) is 4.59. The molecule has 4 nitrogen and oxygen atoms in total. The smallest absolute Gasteiger partial charge is 0.315 e. The molecule has 0 spiro atoms. The number of hydrogen-bond acceptors (Lipinski definition) is 3. The molecule has 0 saturated heterocycles. The summed E-state index contributed by atoms with van der Waals surface area (Å²) >= 11 is 1.63. The third-order valence-electron chi connectivity index (χ3n) is 3.61. The Morgan fingerprint density at radius 1 is 1.12 bits per heavy atom. The predicted molar refractivity (Wildman–Crippen MR) is 91.5 cm³/mol. The number of hydrogen-bond donors (Lipinski definition) is 2. The van der Waals surface area contributed by atoms with Gasteiger partial charge in [0.05, 0.1) is 12.2 Å². The van der Waals surface area contributed by atoms with E-state index in [4.69, 9.17) is 4.42 Å². The quantitative estimate of drug-likeness (QED) is 0.707. The Bertz CT molecular complexity index is 721. The van der Waals surface area contributed by atoms with E-state index in [2.05, 4.69) is 10.6 Å². The van der Waals surface area contributed by atoms with Gasteiger partial charge < -0.3 is 15.1 Å². The molecule has 2 amide bonds. The van der Waals surface area contributed by atoms with Crippen LogP contribution in [0.5, 0.6) is 0 Å². The number of carbonyl (C=O) groups excluding carboxylic acids is 1. The largest absolute Gasteiger partial charge is 0.469 e. The van der Waals surface area contributed by atoms with Crippen LogP contribution in [0.1, 0.15) is 22.1 Å². The molecule has 0 unspecified atom stereocenters. The standard InChI is InChI=1S/C18H17FN2O2S/c19-14-7-5-13(6-8-14)11-20-18(22)21-12-15(16-3-1-9-23-16)17-4-2-10-24-17/h1-10,15H,11-12H2,(H2,20,21,22)/t15-/m1/s1. The maximum atomic E-state index is 12.9. The normalized spacial score (nSPS) is 11.9. The second-order valence-electron chi connectivity index (χ2n) is 5.27. The van der Waals surface area contributed by atoms with E-state index >= 15 is 0 Å². The van der Waals surface area contributed by atoms with Crippen LogP contribution in [0.4, 0.5) is 9.18 Å². The fourth-order valence-electron chi connectivity index (χ4n) is 2.36. The summed E-state index contributed by atoms with van der Waals surface area (Å²) in [7, 11) is 0. The van der Waals surface area contributed by atoms with Gasteiger partial charge in [0.1, 0.15) is 11.6 Å². The van der Waals surface area contributed by atoms with Gasteiger partial charge >= 0.3 is 6.03 Å². The molecule has 0 aliphatic heterocycles. The molecule has 2 heterocycles. The molecule has 0 bridgehead atoms. The lowest BCUT2D eigenvalue weighted by molar-refractivity contribution is 0.240. The Kier molecular flexibility index (Phi) is 5.28. The van der Waals surface area contributed by atoms with E-state index in [1.54, 1.807) is 29.7 Å². The minimum Gasteiger partial charge on any atom is -0.469 e. The lowest BCUT2D eigenvalue weighted by Crippen LogP contribution is -2.37. The number of halogens is 1. The summed E-state index contributed by atoms with van der Waals surface area (Å²) < 4.78 is 18.3. The first-order valence-electron chi connectivity index (χ1n) is 7.55. The number of carbonyl (C=O) groups is 1. The molecule has 2 N–H and O–H groups in total. The zero-order valence-corrected chi connectivity index (χ0v) is 13.7. The number of thiophene rings is 1.